The average molecular weight is 329 g/mol. The first kappa shape index (κ1) is 15.0. The van der Waals surface area contributed by atoms with Crippen LogP contribution in [0.4, 0.5) is 5.69 Å². The minimum atomic E-state index is -0.531. The lowest BCUT2D eigenvalue weighted by atomic mass is 10.1. The van der Waals surface area contributed by atoms with Crippen LogP contribution in [0.2, 0.25) is 0 Å². The zero-order valence-electron chi connectivity index (χ0n) is 12.1. The molecule has 0 aliphatic rings. The van der Waals surface area contributed by atoms with Gasteiger partial charge in [0.15, 0.2) is 5.78 Å². The number of fused-ring (bicyclic) bond motifs is 1. The van der Waals surface area contributed by atoms with Crippen LogP contribution in [0.3, 0.4) is 0 Å². The van der Waals surface area contributed by atoms with E-state index < -0.39 is 4.92 Å². The van der Waals surface area contributed by atoms with Crippen LogP contribution in [0, 0.1) is 17.0 Å². The number of rotatable bonds is 4. The highest BCUT2D eigenvalue weighted by Gasteiger charge is 2.16. The third-order valence-corrected chi connectivity index (χ3v) is 4.31. The Morgan fingerprint density at radius 1 is 1.39 bits per heavy atom. The van der Waals surface area contributed by atoms with Gasteiger partial charge in [-0.1, -0.05) is 12.1 Å². The quantitative estimate of drug-likeness (QED) is 0.416. The summed E-state index contributed by atoms with van der Waals surface area (Å²) in [4.78, 5) is 39.7. The molecule has 0 amide bonds. The molecule has 0 bridgehead atoms. The number of carbonyl (C=O) groups excluding carboxylic acids is 1. The molecule has 8 heteroatoms. The average Bonchev–Trinajstić information content (AvgIpc) is 2.99. The number of nitro benzene ring substituents is 1. The fourth-order valence-electron chi connectivity index (χ4n) is 2.23. The minimum Gasteiger partial charge on any atom is -0.292 e. The van der Waals surface area contributed by atoms with Crippen LogP contribution in [-0.4, -0.2) is 20.3 Å². The van der Waals surface area contributed by atoms with E-state index in [0.717, 1.165) is 0 Å². The highest BCUT2D eigenvalue weighted by molar-refractivity contribution is 7.16. The van der Waals surface area contributed by atoms with Gasteiger partial charge in [0.25, 0.3) is 11.2 Å². The van der Waals surface area contributed by atoms with Crippen molar-refractivity contribution in [2.75, 3.05) is 0 Å². The lowest BCUT2D eigenvalue weighted by Gasteiger charge is -2.05. The number of Topliss-reactive ketones (excluding diaryl/α,β-unsaturated/α-hetero) is 1. The van der Waals surface area contributed by atoms with Crippen molar-refractivity contribution in [1.29, 1.82) is 0 Å². The maximum absolute atomic E-state index is 12.3. The topological polar surface area (TPSA) is 95.1 Å². The smallest absolute Gasteiger partial charge is 0.273 e. The van der Waals surface area contributed by atoms with Gasteiger partial charge >= 0.3 is 0 Å². The Morgan fingerprint density at radius 3 is 2.91 bits per heavy atom. The zero-order chi connectivity index (χ0) is 16.6. The van der Waals surface area contributed by atoms with Crippen molar-refractivity contribution in [1.82, 2.24) is 9.55 Å². The van der Waals surface area contributed by atoms with Gasteiger partial charge in [-0.2, -0.15) is 0 Å². The minimum absolute atomic E-state index is 0.116. The molecular weight excluding hydrogens is 318 g/mol. The molecule has 0 spiro atoms. The monoisotopic (exact) mass is 329 g/mol. The van der Waals surface area contributed by atoms with Gasteiger partial charge < -0.3 is 0 Å². The standard InChI is InChI=1S/C15H11N3O4S/c1-9-2-3-10(6-12(9)18(21)22)13(19)7-17-8-16-14-11(15(17)20)4-5-23-14/h2-6,8H,7H2,1H3. The van der Waals surface area contributed by atoms with E-state index in [-0.39, 0.29) is 29.1 Å². The molecule has 0 aliphatic heterocycles. The van der Waals surface area contributed by atoms with Gasteiger partial charge in [0.2, 0.25) is 0 Å². The van der Waals surface area contributed by atoms with E-state index in [2.05, 4.69) is 4.98 Å². The highest BCUT2D eigenvalue weighted by Crippen LogP contribution is 2.20. The Hall–Kier alpha value is -2.87. The van der Waals surface area contributed by atoms with Crippen molar-refractivity contribution >= 4 is 33.0 Å². The summed E-state index contributed by atoms with van der Waals surface area (Å²) in [5.41, 5.74) is 0.255. The molecule has 1 aromatic carbocycles. The van der Waals surface area contributed by atoms with Crippen molar-refractivity contribution in [3.63, 3.8) is 0 Å². The maximum atomic E-state index is 12.3. The van der Waals surface area contributed by atoms with E-state index in [1.165, 1.54) is 40.4 Å². The second-order valence-electron chi connectivity index (χ2n) is 5.00. The van der Waals surface area contributed by atoms with Crippen LogP contribution in [0.5, 0.6) is 0 Å². The van der Waals surface area contributed by atoms with Crippen LogP contribution in [0.15, 0.2) is 40.8 Å². The Bertz CT molecular complexity index is 990. The molecular formula is C15H11N3O4S. The summed E-state index contributed by atoms with van der Waals surface area (Å²) < 4.78 is 1.21. The van der Waals surface area contributed by atoms with E-state index in [1.807, 2.05) is 0 Å². The number of ketones is 1. The highest BCUT2D eigenvalue weighted by atomic mass is 32.1. The predicted molar refractivity (Wildman–Crippen MR) is 86.0 cm³/mol. The zero-order valence-corrected chi connectivity index (χ0v) is 12.9. The third kappa shape index (κ3) is 2.76. The molecule has 0 atom stereocenters. The molecule has 7 nitrogen and oxygen atoms in total. The first-order valence-corrected chi connectivity index (χ1v) is 7.56. The van der Waals surface area contributed by atoms with Crippen LogP contribution < -0.4 is 5.56 Å². The summed E-state index contributed by atoms with van der Waals surface area (Å²) in [6.45, 7) is 1.39. The molecule has 3 aromatic rings. The molecule has 0 radical (unpaired) electrons. The lowest BCUT2D eigenvalue weighted by Crippen LogP contribution is -2.24. The molecule has 2 heterocycles. The number of carbonyl (C=O) groups is 1. The SMILES string of the molecule is Cc1ccc(C(=O)Cn2cnc3sccc3c2=O)cc1[N+](=O)[O-]. The molecule has 3 rings (SSSR count). The van der Waals surface area contributed by atoms with Crippen LogP contribution in [0.25, 0.3) is 10.2 Å². The summed E-state index contributed by atoms with van der Waals surface area (Å²) >= 11 is 1.35. The molecule has 0 saturated heterocycles. The molecule has 0 N–H and O–H groups in total. The van der Waals surface area contributed by atoms with E-state index in [1.54, 1.807) is 18.4 Å². The molecule has 0 fully saturated rings. The van der Waals surface area contributed by atoms with Gasteiger partial charge in [0.05, 0.1) is 23.2 Å². The van der Waals surface area contributed by atoms with Crippen molar-refractivity contribution in [2.45, 2.75) is 13.5 Å². The third-order valence-electron chi connectivity index (χ3n) is 3.49. The number of aryl methyl sites for hydroxylation is 1. The summed E-state index contributed by atoms with van der Waals surface area (Å²) in [6.07, 6.45) is 1.32. The molecule has 0 unspecified atom stereocenters. The van der Waals surface area contributed by atoms with Crippen molar-refractivity contribution < 1.29 is 9.72 Å². The number of nitrogens with zero attached hydrogens (tertiary/aromatic N) is 3. The Morgan fingerprint density at radius 2 is 2.17 bits per heavy atom. The summed E-state index contributed by atoms with van der Waals surface area (Å²) in [5, 5.41) is 13.2. The number of nitro groups is 1. The van der Waals surface area contributed by atoms with E-state index in [9.17, 15) is 19.7 Å². The van der Waals surface area contributed by atoms with Crippen molar-refractivity contribution in [3.8, 4) is 0 Å². The summed E-state index contributed by atoms with van der Waals surface area (Å²) in [5.74, 6) is -0.383. The number of hydrogen-bond acceptors (Lipinski definition) is 6. The Labute approximate surface area is 134 Å². The Kier molecular flexibility index (Phi) is 3.75. The first-order chi connectivity index (χ1) is 11.0. The maximum Gasteiger partial charge on any atom is 0.273 e. The van der Waals surface area contributed by atoms with Gasteiger partial charge in [-0.3, -0.25) is 24.3 Å². The van der Waals surface area contributed by atoms with Crippen molar-refractivity contribution in [3.05, 3.63) is 67.6 Å². The molecule has 0 aliphatic carbocycles. The largest absolute Gasteiger partial charge is 0.292 e. The number of thiophene rings is 1. The number of aromatic nitrogens is 2. The van der Waals surface area contributed by atoms with Gasteiger partial charge in [0.1, 0.15) is 4.83 Å². The second kappa shape index (κ2) is 5.73. The van der Waals surface area contributed by atoms with E-state index in [0.29, 0.717) is 15.8 Å². The van der Waals surface area contributed by atoms with Crippen LogP contribution >= 0.6 is 11.3 Å². The number of hydrogen-bond donors (Lipinski definition) is 0. The van der Waals surface area contributed by atoms with E-state index >= 15 is 0 Å². The van der Waals surface area contributed by atoms with Gasteiger partial charge in [-0.15, -0.1) is 11.3 Å². The van der Waals surface area contributed by atoms with E-state index in [4.69, 9.17) is 0 Å². The summed E-state index contributed by atoms with van der Waals surface area (Å²) in [6, 6.07) is 5.94. The normalized spacial score (nSPS) is 10.8. The molecule has 2 aromatic heterocycles. The fraction of sp³-hybridized carbons (Fsp3) is 0.133. The first-order valence-electron chi connectivity index (χ1n) is 6.68. The second-order valence-corrected chi connectivity index (χ2v) is 5.89. The van der Waals surface area contributed by atoms with Gasteiger partial charge in [-0.05, 0) is 18.4 Å². The molecule has 116 valence electrons. The van der Waals surface area contributed by atoms with Crippen LogP contribution in [-0.2, 0) is 6.54 Å². The van der Waals surface area contributed by atoms with Gasteiger partial charge in [-0.25, -0.2) is 4.98 Å². The molecule has 0 saturated carbocycles. The van der Waals surface area contributed by atoms with Crippen molar-refractivity contribution in [2.24, 2.45) is 0 Å². The fourth-order valence-corrected chi connectivity index (χ4v) is 2.95. The van der Waals surface area contributed by atoms with Crippen LogP contribution in [0.1, 0.15) is 15.9 Å². The predicted octanol–water partition coefficient (Wildman–Crippen LogP) is 2.56. The number of benzene rings is 1. The summed E-state index contributed by atoms with van der Waals surface area (Å²) in [7, 11) is 0. The van der Waals surface area contributed by atoms with Gasteiger partial charge in [0, 0.05) is 17.2 Å². The Balaban J connectivity index is 1.94. The molecule has 23 heavy (non-hydrogen) atoms. The lowest BCUT2D eigenvalue weighted by molar-refractivity contribution is -0.385.